The molecule has 33 heteroatoms. The van der Waals surface area contributed by atoms with Gasteiger partial charge in [0, 0.05) is 37.7 Å². The van der Waals surface area contributed by atoms with Crippen LogP contribution in [0.25, 0.3) is 0 Å². The molecule has 0 bridgehead atoms. The third-order valence-electron chi connectivity index (χ3n) is 13.2. The molecule has 3 saturated heterocycles. The van der Waals surface area contributed by atoms with E-state index in [0.717, 1.165) is 34.5 Å². The van der Waals surface area contributed by atoms with Crippen LogP contribution in [0.1, 0.15) is 80.7 Å². The van der Waals surface area contributed by atoms with Crippen LogP contribution in [0.15, 0.2) is 104 Å². The van der Waals surface area contributed by atoms with Gasteiger partial charge >= 0.3 is 38.8 Å². The van der Waals surface area contributed by atoms with E-state index in [1.165, 1.54) is 84.1 Å². The minimum absolute atomic E-state index is 0.137. The van der Waals surface area contributed by atoms with Crippen LogP contribution in [0.4, 0.5) is 22.0 Å². The molecule has 5 aromatic rings. The molecule has 3 fully saturated rings. The van der Waals surface area contributed by atoms with E-state index in [0.29, 0.717) is 0 Å². The zero-order chi connectivity index (χ0) is 67.8. The van der Waals surface area contributed by atoms with Gasteiger partial charge in [-0.1, -0.05) is 48.2 Å². The number of carbonyl (C=O) groups excluding carboxylic acids is 2. The Morgan fingerprint density at radius 3 is 1.40 bits per heavy atom. The molecule has 0 amide bonds. The molecule has 12 atom stereocenters. The lowest BCUT2D eigenvalue weighted by Crippen LogP contribution is -2.41. The van der Waals surface area contributed by atoms with Gasteiger partial charge in [-0.2, -0.15) is 19.0 Å². The lowest BCUT2D eigenvalue weighted by molar-refractivity contribution is -0.150. The molecule has 3 aromatic carbocycles. The van der Waals surface area contributed by atoms with E-state index in [4.69, 9.17) is 55.2 Å². The van der Waals surface area contributed by atoms with Crippen molar-refractivity contribution in [2.24, 2.45) is 10.8 Å². The highest BCUT2D eigenvalue weighted by molar-refractivity contribution is 7.52. The van der Waals surface area contributed by atoms with Crippen molar-refractivity contribution in [1.82, 2.24) is 29.3 Å². The molecule has 0 radical (unpaired) electrons. The maximum atomic E-state index is 14.0. The van der Waals surface area contributed by atoms with Crippen molar-refractivity contribution < 1.29 is 97.8 Å². The molecule has 0 spiro atoms. The quantitative estimate of drug-likeness (QED) is 0.0123. The summed E-state index contributed by atoms with van der Waals surface area (Å²) in [6.07, 6.45) is 8.50. The van der Waals surface area contributed by atoms with Gasteiger partial charge in [-0.15, -0.1) is 12.8 Å². The summed E-state index contributed by atoms with van der Waals surface area (Å²) < 4.78 is 144. The maximum absolute atomic E-state index is 14.0. The Kier molecular flexibility index (Phi) is 26.4. The molecule has 7 N–H and O–H groups in total. The fourth-order valence-corrected chi connectivity index (χ4v) is 11.5. The van der Waals surface area contributed by atoms with Crippen molar-refractivity contribution in [3.8, 4) is 41.9 Å². The summed E-state index contributed by atoms with van der Waals surface area (Å²) >= 11 is 0. The molecular formula is C58H69F5N6O20P2. The Morgan fingerprint density at radius 1 is 0.637 bits per heavy atom. The first-order chi connectivity index (χ1) is 42.8. The average Bonchev–Trinajstić information content (AvgIpc) is 1.67. The topological polar surface area (TPSA) is 346 Å². The lowest BCUT2D eigenvalue weighted by Gasteiger charge is -2.28. The highest BCUT2D eigenvalue weighted by atomic mass is 31.2. The normalized spacial score (nSPS) is 23.6. The molecule has 0 saturated carbocycles. The van der Waals surface area contributed by atoms with Crippen LogP contribution in [0.2, 0.25) is 0 Å². The van der Waals surface area contributed by atoms with Gasteiger partial charge in [0.15, 0.2) is 12.5 Å². The molecule has 2 aromatic heterocycles. The van der Waals surface area contributed by atoms with E-state index in [-0.39, 0.29) is 11.5 Å². The number of esters is 2. The number of ether oxygens (including phenoxy) is 5. The van der Waals surface area contributed by atoms with Gasteiger partial charge in [0.05, 0.1) is 25.4 Å². The minimum atomic E-state index is -4.91. The van der Waals surface area contributed by atoms with E-state index in [1.807, 2.05) is 0 Å². The summed E-state index contributed by atoms with van der Waals surface area (Å²) in [5.41, 5.74) is -5.23. The Morgan fingerprint density at radius 2 is 1.02 bits per heavy atom. The maximum Gasteiger partial charge on any atom is 0.513 e. The predicted molar refractivity (Wildman–Crippen MR) is 313 cm³/mol. The Labute approximate surface area is 517 Å². The number of H-pyrrole nitrogens is 2. The molecule has 3 aliphatic rings. The number of rotatable bonds is 20. The largest absolute Gasteiger partial charge is 0.513 e. The minimum Gasteiger partial charge on any atom is -0.462 e. The number of hydrogen-bond donors (Lipinski definition) is 7. The molecule has 1 unspecified atom stereocenters. The number of benzene rings is 3. The summed E-state index contributed by atoms with van der Waals surface area (Å²) in [5, 5.41) is 34.8. The summed E-state index contributed by atoms with van der Waals surface area (Å²) in [7, 11) is -9.15. The zero-order valence-electron chi connectivity index (χ0n) is 50.2. The van der Waals surface area contributed by atoms with Crippen LogP contribution in [0.3, 0.4) is 0 Å². The third kappa shape index (κ3) is 19.2. The number of carbonyl (C=O) groups is 2. The highest BCUT2D eigenvalue weighted by Gasteiger charge is 2.55. The Hall–Kier alpha value is -7.77. The molecule has 26 nitrogen and oxygen atoms in total. The molecular weight excluding hydrogens is 1260 g/mol. The monoisotopic (exact) mass is 1330 g/mol. The van der Waals surface area contributed by atoms with E-state index >= 15 is 0 Å². The standard InChI is InChI=1S/C24H30N3O9P.C18H17F5NO5P.C12H14N2O5.C4H8O/c1-6-24(5)20(29)18(35-22(24)27-13-12-19(28)25-23(27)31)14-33-37(32,36-17-10-8-7-9-11-17)26-16(4)21(30)34-15(2)3;1-9(2)27-18(25)10(3)24-30(26,28-11-7-5-4-6-8-11)29-17-15(22)13(20)12(19)14(21)16(17)23;1-3-12(2)9(17)7(6-15)19-10(12)14-5-4-8(16)13-11(14)18;1-2-4-5-3-1/h1,7-13,15-16,18,20,22,29H,14H2,2-5H3,(H,26,32)(H,25,28,31);4-10H,1-3H3,(H,24,26);1,4-5,7,9-10,15,17H,6H2,2H3,(H,13,16,18);1-4H2/t16-,18-,20-,22-,24-,37-;10-,30-;7-,9-,10?,12-;/m111./s1. The first-order valence-corrected chi connectivity index (χ1v) is 30.8. The van der Waals surface area contributed by atoms with Gasteiger partial charge in [-0.05, 0) is 92.5 Å². The third-order valence-corrected chi connectivity index (χ3v) is 16.5. The number of nitrogens with zero attached hydrogens (tertiary/aromatic N) is 2. The summed E-state index contributed by atoms with van der Waals surface area (Å²) in [6.45, 7) is 13.2. The first kappa shape index (κ1) is 74.0. The van der Waals surface area contributed by atoms with Crippen LogP contribution in [-0.2, 0) is 46.9 Å². The zero-order valence-corrected chi connectivity index (χ0v) is 52.0. The van der Waals surface area contributed by atoms with E-state index in [9.17, 15) is 70.1 Å². The van der Waals surface area contributed by atoms with Gasteiger partial charge < -0.3 is 52.6 Å². The number of hydrogen-bond acceptors (Lipinski definition) is 20. The van der Waals surface area contributed by atoms with Gasteiger partial charge in [-0.3, -0.25) is 42.8 Å². The van der Waals surface area contributed by atoms with Crippen molar-refractivity contribution in [3.63, 3.8) is 0 Å². The van der Waals surface area contributed by atoms with Crippen molar-refractivity contribution in [2.75, 3.05) is 26.4 Å². The van der Waals surface area contributed by atoms with Crippen LogP contribution >= 0.6 is 15.5 Å². The summed E-state index contributed by atoms with van der Waals surface area (Å²) in [4.78, 5) is 75.1. The Balaban J connectivity index is 0.000000248. The second-order valence-electron chi connectivity index (χ2n) is 21.1. The van der Waals surface area contributed by atoms with Gasteiger partial charge in [0.25, 0.3) is 11.1 Å². The number of aromatic amines is 2. The SMILES string of the molecule is C#C[C@@]1(C)C(n2ccc(=O)[nH]c2=O)O[C@H](CO)[C@H]1O.C#C[C@]1(C)[C@H](O)[C@@H](CO[P@](=O)(N[C@H](C)C(=O)OC(C)C)Oc2ccccc2)O[C@H]1n1ccc(=O)[nH]c1=O.C1CCOC1.CC(C)OC(=O)[C@@H](C)N[P@@](=O)(Oc1ccccc1)Oc1c(F)c(F)c(F)c(F)c1F. The number of halogens is 5. The second-order valence-corrected chi connectivity index (χ2v) is 24.4. The van der Waals surface area contributed by atoms with Crippen LogP contribution in [-0.4, -0.2) is 121 Å². The van der Waals surface area contributed by atoms with E-state index < -0.39 is 170 Å². The van der Waals surface area contributed by atoms with Crippen molar-refractivity contribution in [3.05, 3.63) is 156 Å². The number of para-hydroxylation sites is 2. The van der Waals surface area contributed by atoms with Gasteiger partial charge in [0.2, 0.25) is 34.8 Å². The predicted octanol–water partition coefficient (Wildman–Crippen LogP) is 5.67. The number of terminal acetylenes is 2. The Bertz CT molecular complexity index is 3700. The van der Waals surface area contributed by atoms with Crippen molar-refractivity contribution >= 4 is 27.4 Å². The summed E-state index contributed by atoms with van der Waals surface area (Å²) in [6, 6.07) is 15.0. The number of aliphatic hydroxyl groups is 3. The van der Waals surface area contributed by atoms with Crippen LogP contribution in [0.5, 0.6) is 17.2 Å². The number of nitrogens with one attached hydrogen (secondary N) is 4. The van der Waals surface area contributed by atoms with E-state index in [1.54, 1.807) is 57.2 Å². The molecule has 91 heavy (non-hydrogen) atoms. The highest BCUT2D eigenvalue weighted by Crippen LogP contribution is 2.50. The fourth-order valence-electron chi connectivity index (χ4n) is 8.46. The van der Waals surface area contributed by atoms with Crippen molar-refractivity contribution in [2.45, 2.75) is 129 Å². The molecule has 3 aliphatic heterocycles. The van der Waals surface area contributed by atoms with Gasteiger partial charge in [-0.25, -0.2) is 31.9 Å². The number of aromatic nitrogens is 4. The first-order valence-electron chi connectivity index (χ1n) is 27.7. The van der Waals surface area contributed by atoms with Crippen LogP contribution < -0.4 is 46.2 Å². The summed E-state index contributed by atoms with van der Waals surface area (Å²) in [5.74, 6) is -10.3. The van der Waals surface area contributed by atoms with E-state index in [2.05, 4.69) is 36.5 Å². The average molecular weight is 1330 g/mol. The van der Waals surface area contributed by atoms with Gasteiger partial charge in [0.1, 0.15) is 58.8 Å². The molecule has 8 rings (SSSR count). The number of aliphatic hydroxyl groups excluding tert-OH is 3. The smallest absolute Gasteiger partial charge is 0.462 e. The lowest BCUT2D eigenvalue weighted by atomic mass is 9.83. The molecule has 0 aliphatic carbocycles. The molecule has 496 valence electrons. The second kappa shape index (κ2) is 32.5. The van der Waals surface area contributed by atoms with Crippen LogP contribution in [0, 0.1) is 64.6 Å². The van der Waals surface area contributed by atoms with Crippen molar-refractivity contribution in [1.29, 1.82) is 0 Å². The fraction of sp³-hybridized carbons (Fsp3) is 0.448. The molecule has 5 heterocycles.